The van der Waals surface area contributed by atoms with Gasteiger partial charge in [-0.15, -0.1) is 22.7 Å². The molecule has 0 aliphatic carbocycles. The minimum Gasteiger partial charge on any atom is -0.324 e. The second kappa shape index (κ2) is 5.38. The highest BCUT2D eigenvalue weighted by Gasteiger charge is 2.16. The first-order chi connectivity index (χ1) is 9.13. The van der Waals surface area contributed by atoms with Crippen LogP contribution in [0.5, 0.6) is 0 Å². The third-order valence-corrected chi connectivity index (χ3v) is 5.39. The van der Waals surface area contributed by atoms with Crippen molar-refractivity contribution in [1.82, 2.24) is 4.98 Å². The van der Waals surface area contributed by atoms with E-state index in [0.29, 0.717) is 15.1 Å². The molecule has 19 heavy (non-hydrogen) atoms. The minimum absolute atomic E-state index is 0.170. The van der Waals surface area contributed by atoms with Gasteiger partial charge in [0, 0.05) is 18.0 Å². The Labute approximate surface area is 128 Å². The first kappa shape index (κ1) is 13.3. The van der Waals surface area contributed by atoms with Crippen molar-refractivity contribution in [2.24, 2.45) is 5.73 Å². The Hall–Kier alpha value is -0.650. The molecular formula is C13H10Cl2N2S2. The first-order valence-electron chi connectivity index (χ1n) is 5.68. The molecule has 2 heterocycles. The maximum Gasteiger partial charge on any atom is 0.0992 e. The van der Waals surface area contributed by atoms with Gasteiger partial charge in [0.05, 0.1) is 23.9 Å². The number of rotatable bonds is 3. The smallest absolute Gasteiger partial charge is 0.0992 e. The molecule has 3 rings (SSSR count). The lowest BCUT2D eigenvalue weighted by Gasteiger charge is -2.08. The zero-order chi connectivity index (χ0) is 13.4. The monoisotopic (exact) mass is 328 g/mol. The molecule has 2 nitrogen and oxygen atoms in total. The molecule has 2 aromatic heterocycles. The quantitative estimate of drug-likeness (QED) is 0.742. The van der Waals surface area contributed by atoms with Gasteiger partial charge in [0.1, 0.15) is 0 Å². The Morgan fingerprint density at radius 1 is 1.21 bits per heavy atom. The summed E-state index contributed by atoms with van der Waals surface area (Å²) in [6.07, 6.45) is 0.673. The summed E-state index contributed by atoms with van der Waals surface area (Å²) in [5, 5.41) is 1.02. The van der Waals surface area contributed by atoms with Crippen LogP contribution in [0.4, 0.5) is 0 Å². The number of benzene rings is 1. The minimum atomic E-state index is -0.170. The van der Waals surface area contributed by atoms with Crippen LogP contribution in [0.2, 0.25) is 8.67 Å². The van der Waals surface area contributed by atoms with Gasteiger partial charge in [-0.1, -0.05) is 35.3 Å². The molecule has 0 fully saturated rings. The number of nitrogens with two attached hydrogens (primary N) is 1. The van der Waals surface area contributed by atoms with Gasteiger partial charge < -0.3 is 5.73 Å². The normalized spacial score (nSPS) is 13.0. The number of aromatic nitrogens is 1. The average molecular weight is 329 g/mol. The zero-order valence-electron chi connectivity index (χ0n) is 9.77. The summed E-state index contributed by atoms with van der Waals surface area (Å²) in [6, 6.07) is 9.75. The second-order valence-corrected chi connectivity index (χ2v) is 7.57. The first-order valence-corrected chi connectivity index (χ1v) is 8.07. The van der Waals surface area contributed by atoms with Crippen LogP contribution in [0, 0.1) is 0 Å². The largest absolute Gasteiger partial charge is 0.324 e. The molecule has 6 heteroatoms. The van der Waals surface area contributed by atoms with E-state index in [1.165, 1.54) is 16.0 Å². The molecular weight excluding hydrogens is 319 g/mol. The lowest BCUT2D eigenvalue weighted by molar-refractivity contribution is 0.722. The van der Waals surface area contributed by atoms with E-state index in [9.17, 15) is 0 Å². The van der Waals surface area contributed by atoms with E-state index in [1.54, 1.807) is 11.3 Å². The van der Waals surface area contributed by atoms with Crippen LogP contribution >= 0.6 is 45.9 Å². The molecule has 3 aromatic rings. The number of hydrogen-bond donors (Lipinski definition) is 1. The Morgan fingerprint density at radius 2 is 2.00 bits per heavy atom. The fourth-order valence-electron chi connectivity index (χ4n) is 1.91. The SMILES string of the molecule is NC(Cc1nc2ccccc2s1)c1cc(Cl)sc1Cl. The highest BCUT2D eigenvalue weighted by atomic mass is 35.5. The predicted octanol–water partition coefficient (Wildman–Crippen LogP) is 4.91. The van der Waals surface area contributed by atoms with E-state index >= 15 is 0 Å². The molecule has 0 aliphatic rings. The molecule has 0 radical (unpaired) electrons. The van der Waals surface area contributed by atoms with Crippen molar-refractivity contribution in [2.75, 3.05) is 0 Å². The standard InChI is InChI=1S/C13H10Cl2N2S2/c14-11-5-7(13(15)19-11)8(16)6-12-17-9-3-1-2-4-10(9)18-12/h1-5,8H,6,16H2. The number of fused-ring (bicyclic) bond motifs is 1. The molecule has 1 atom stereocenters. The van der Waals surface area contributed by atoms with Crippen molar-refractivity contribution >= 4 is 56.1 Å². The van der Waals surface area contributed by atoms with E-state index in [4.69, 9.17) is 28.9 Å². The van der Waals surface area contributed by atoms with E-state index in [1.807, 2.05) is 24.3 Å². The molecule has 0 spiro atoms. The zero-order valence-corrected chi connectivity index (χ0v) is 12.9. The van der Waals surface area contributed by atoms with Crippen LogP contribution in [0.1, 0.15) is 16.6 Å². The van der Waals surface area contributed by atoms with Gasteiger partial charge in [-0.05, 0) is 18.2 Å². The summed E-state index contributed by atoms with van der Waals surface area (Å²) in [4.78, 5) is 4.58. The van der Waals surface area contributed by atoms with Crippen LogP contribution < -0.4 is 5.73 Å². The van der Waals surface area contributed by atoms with Crippen molar-refractivity contribution < 1.29 is 0 Å². The van der Waals surface area contributed by atoms with Gasteiger partial charge in [0.25, 0.3) is 0 Å². The van der Waals surface area contributed by atoms with Crippen LogP contribution in [-0.4, -0.2) is 4.98 Å². The van der Waals surface area contributed by atoms with Gasteiger partial charge in [0.2, 0.25) is 0 Å². The molecule has 0 amide bonds. The third-order valence-electron chi connectivity index (χ3n) is 2.82. The Kier molecular flexibility index (Phi) is 3.78. The summed E-state index contributed by atoms with van der Waals surface area (Å²) >= 11 is 15.1. The summed E-state index contributed by atoms with van der Waals surface area (Å²) in [6.45, 7) is 0. The van der Waals surface area contributed by atoms with Crippen LogP contribution in [0.15, 0.2) is 30.3 Å². The topological polar surface area (TPSA) is 38.9 Å². The highest BCUT2D eigenvalue weighted by Crippen LogP contribution is 2.36. The van der Waals surface area contributed by atoms with Gasteiger partial charge in [-0.25, -0.2) is 4.98 Å². The molecule has 0 saturated carbocycles. The van der Waals surface area contributed by atoms with Crippen molar-refractivity contribution in [2.45, 2.75) is 12.5 Å². The fraction of sp³-hybridized carbons (Fsp3) is 0.154. The van der Waals surface area contributed by atoms with Crippen molar-refractivity contribution in [3.63, 3.8) is 0 Å². The van der Waals surface area contributed by atoms with Crippen molar-refractivity contribution in [3.8, 4) is 0 Å². The molecule has 0 aliphatic heterocycles. The van der Waals surface area contributed by atoms with Crippen molar-refractivity contribution in [1.29, 1.82) is 0 Å². The molecule has 0 saturated heterocycles. The molecule has 1 aromatic carbocycles. The lowest BCUT2D eigenvalue weighted by atomic mass is 10.1. The third kappa shape index (κ3) is 2.78. The van der Waals surface area contributed by atoms with E-state index in [-0.39, 0.29) is 6.04 Å². The Morgan fingerprint density at radius 3 is 2.68 bits per heavy atom. The van der Waals surface area contributed by atoms with Gasteiger partial charge in [-0.3, -0.25) is 0 Å². The van der Waals surface area contributed by atoms with Crippen LogP contribution in [0.25, 0.3) is 10.2 Å². The van der Waals surface area contributed by atoms with E-state index in [0.717, 1.165) is 16.1 Å². The lowest BCUT2D eigenvalue weighted by Crippen LogP contribution is -2.12. The number of para-hydroxylation sites is 1. The van der Waals surface area contributed by atoms with Gasteiger partial charge in [0.15, 0.2) is 0 Å². The number of nitrogens with zero attached hydrogens (tertiary/aromatic N) is 1. The van der Waals surface area contributed by atoms with E-state index < -0.39 is 0 Å². The summed E-state index contributed by atoms with van der Waals surface area (Å²) in [7, 11) is 0. The van der Waals surface area contributed by atoms with Gasteiger partial charge in [-0.2, -0.15) is 0 Å². The number of thiophene rings is 1. The van der Waals surface area contributed by atoms with E-state index in [2.05, 4.69) is 11.1 Å². The maximum absolute atomic E-state index is 6.19. The van der Waals surface area contributed by atoms with Gasteiger partial charge >= 0.3 is 0 Å². The average Bonchev–Trinajstić information content (AvgIpc) is 2.91. The Bertz CT molecular complexity index is 687. The molecule has 0 bridgehead atoms. The van der Waals surface area contributed by atoms with Crippen LogP contribution in [0.3, 0.4) is 0 Å². The Balaban J connectivity index is 1.86. The van der Waals surface area contributed by atoms with Crippen molar-refractivity contribution in [3.05, 3.63) is 49.6 Å². The number of thiazole rings is 1. The fourth-order valence-corrected chi connectivity index (χ4v) is 4.53. The molecule has 1 unspecified atom stereocenters. The predicted molar refractivity (Wildman–Crippen MR) is 84.6 cm³/mol. The molecule has 2 N–H and O–H groups in total. The highest BCUT2D eigenvalue weighted by molar-refractivity contribution is 7.20. The van der Waals surface area contributed by atoms with Crippen LogP contribution in [-0.2, 0) is 6.42 Å². The maximum atomic E-state index is 6.19. The molecule has 98 valence electrons. The second-order valence-electron chi connectivity index (χ2n) is 4.17. The summed E-state index contributed by atoms with van der Waals surface area (Å²) < 4.78 is 2.51. The summed E-state index contributed by atoms with van der Waals surface area (Å²) in [5.74, 6) is 0. The number of halogens is 2. The number of hydrogen-bond acceptors (Lipinski definition) is 4. The summed E-state index contributed by atoms with van der Waals surface area (Å²) in [5.41, 5.74) is 8.11.